The number of anilines is 2. The molecule has 2 aromatic rings. The van der Waals surface area contributed by atoms with Gasteiger partial charge in [-0.1, -0.05) is 31.5 Å². The van der Waals surface area contributed by atoms with E-state index in [1.165, 1.54) is 5.56 Å². The Balaban J connectivity index is 1.64. The standard InChI is InChI=1S/C17H21N5O/c1-2-3-8-19-16-15(10-20-17(18)22-16)23-11-13-9-12-6-4-5-7-14(12)21-13/h4-7,10H,2-3,8-9,11H2,1H3,(H3,18,19,20,22). The third kappa shape index (κ3) is 3.77. The molecule has 1 aromatic heterocycles. The number of benzene rings is 1. The highest BCUT2D eigenvalue weighted by molar-refractivity contribution is 5.95. The van der Waals surface area contributed by atoms with E-state index in [1.807, 2.05) is 18.2 Å². The van der Waals surface area contributed by atoms with Gasteiger partial charge >= 0.3 is 0 Å². The molecule has 0 radical (unpaired) electrons. The predicted octanol–water partition coefficient (Wildman–Crippen LogP) is 2.98. The van der Waals surface area contributed by atoms with E-state index in [-0.39, 0.29) is 5.95 Å². The summed E-state index contributed by atoms with van der Waals surface area (Å²) in [6.07, 6.45) is 4.61. The molecule has 23 heavy (non-hydrogen) atoms. The average Bonchev–Trinajstić information content (AvgIpc) is 2.97. The number of aliphatic imine (C=N–C) groups is 1. The van der Waals surface area contributed by atoms with Gasteiger partial charge in [-0.05, 0) is 18.1 Å². The van der Waals surface area contributed by atoms with E-state index >= 15 is 0 Å². The highest BCUT2D eigenvalue weighted by Gasteiger charge is 2.15. The average molecular weight is 311 g/mol. The number of para-hydroxylation sites is 1. The van der Waals surface area contributed by atoms with Gasteiger partial charge in [-0.25, -0.2) is 4.98 Å². The summed E-state index contributed by atoms with van der Waals surface area (Å²) in [5, 5.41) is 3.25. The zero-order chi connectivity index (χ0) is 16.1. The number of hydrogen-bond acceptors (Lipinski definition) is 6. The Hall–Kier alpha value is -2.63. The Kier molecular flexibility index (Phi) is 4.71. The van der Waals surface area contributed by atoms with Crippen molar-refractivity contribution in [2.75, 3.05) is 24.2 Å². The number of fused-ring (bicyclic) bond motifs is 1. The smallest absolute Gasteiger partial charge is 0.222 e. The van der Waals surface area contributed by atoms with Crippen LogP contribution in [-0.4, -0.2) is 28.8 Å². The molecule has 1 aliphatic heterocycles. The molecule has 0 atom stereocenters. The Bertz CT molecular complexity index is 714. The summed E-state index contributed by atoms with van der Waals surface area (Å²) < 4.78 is 5.86. The monoisotopic (exact) mass is 311 g/mol. The summed E-state index contributed by atoms with van der Waals surface area (Å²) in [7, 11) is 0. The van der Waals surface area contributed by atoms with Crippen molar-refractivity contribution in [3.8, 4) is 5.75 Å². The van der Waals surface area contributed by atoms with Crippen LogP contribution >= 0.6 is 0 Å². The summed E-state index contributed by atoms with van der Waals surface area (Å²) in [5.41, 5.74) is 8.93. The minimum absolute atomic E-state index is 0.238. The van der Waals surface area contributed by atoms with Crippen LogP contribution < -0.4 is 15.8 Å². The lowest BCUT2D eigenvalue weighted by Gasteiger charge is -2.12. The second-order valence-corrected chi connectivity index (χ2v) is 5.49. The van der Waals surface area contributed by atoms with Crippen LogP contribution in [0.2, 0.25) is 0 Å². The van der Waals surface area contributed by atoms with Gasteiger partial charge in [0.2, 0.25) is 5.95 Å². The highest BCUT2D eigenvalue weighted by atomic mass is 16.5. The van der Waals surface area contributed by atoms with Gasteiger partial charge in [0.1, 0.15) is 6.61 Å². The zero-order valence-corrected chi connectivity index (χ0v) is 13.2. The Morgan fingerprint density at radius 2 is 2.17 bits per heavy atom. The van der Waals surface area contributed by atoms with Gasteiger partial charge in [0, 0.05) is 13.0 Å². The SMILES string of the molecule is CCCCNc1nc(N)ncc1OCC1=Nc2ccccc2C1. The molecule has 0 bridgehead atoms. The fourth-order valence-corrected chi connectivity index (χ4v) is 2.44. The lowest BCUT2D eigenvalue weighted by Crippen LogP contribution is -2.14. The lowest BCUT2D eigenvalue weighted by atomic mass is 10.1. The Labute approximate surface area is 135 Å². The van der Waals surface area contributed by atoms with Crippen molar-refractivity contribution < 1.29 is 4.74 Å². The molecule has 0 saturated carbocycles. The number of unbranched alkanes of at least 4 members (excludes halogenated alkanes) is 1. The molecule has 0 amide bonds. The number of aromatic nitrogens is 2. The molecule has 3 N–H and O–H groups in total. The van der Waals surface area contributed by atoms with Gasteiger partial charge in [-0.2, -0.15) is 4.98 Å². The number of nitrogens with two attached hydrogens (primary N) is 1. The quantitative estimate of drug-likeness (QED) is 0.768. The number of hydrogen-bond donors (Lipinski definition) is 2. The van der Waals surface area contributed by atoms with E-state index in [2.05, 4.69) is 33.3 Å². The molecule has 2 heterocycles. The van der Waals surface area contributed by atoms with E-state index in [4.69, 9.17) is 10.5 Å². The van der Waals surface area contributed by atoms with E-state index in [1.54, 1.807) is 6.20 Å². The summed E-state index contributed by atoms with van der Waals surface area (Å²) >= 11 is 0. The third-order valence-corrected chi connectivity index (χ3v) is 3.66. The lowest BCUT2D eigenvalue weighted by molar-refractivity contribution is 0.374. The number of rotatable bonds is 7. The van der Waals surface area contributed by atoms with Gasteiger partial charge in [0.05, 0.1) is 17.6 Å². The van der Waals surface area contributed by atoms with Gasteiger partial charge in [-0.15, -0.1) is 0 Å². The molecule has 120 valence electrons. The van der Waals surface area contributed by atoms with Gasteiger partial charge in [0.25, 0.3) is 0 Å². The first-order valence-electron chi connectivity index (χ1n) is 7.90. The topological polar surface area (TPSA) is 85.4 Å². The predicted molar refractivity (Wildman–Crippen MR) is 92.6 cm³/mol. The maximum absolute atomic E-state index is 5.86. The fraction of sp³-hybridized carbons (Fsp3) is 0.353. The molecule has 0 aliphatic carbocycles. The van der Waals surface area contributed by atoms with Crippen LogP contribution in [0.1, 0.15) is 25.3 Å². The van der Waals surface area contributed by atoms with Crippen molar-refractivity contribution >= 4 is 23.2 Å². The van der Waals surface area contributed by atoms with Crippen LogP contribution in [0.15, 0.2) is 35.5 Å². The van der Waals surface area contributed by atoms with Crippen molar-refractivity contribution in [1.29, 1.82) is 0 Å². The molecule has 3 rings (SSSR count). The summed E-state index contributed by atoms with van der Waals surface area (Å²) in [6, 6.07) is 8.14. The summed E-state index contributed by atoms with van der Waals surface area (Å²) in [6.45, 7) is 3.39. The molecule has 6 heteroatoms. The van der Waals surface area contributed by atoms with Crippen LogP contribution in [0.5, 0.6) is 5.75 Å². The minimum atomic E-state index is 0.238. The fourth-order valence-electron chi connectivity index (χ4n) is 2.44. The molecule has 1 aromatic carbocycles. The Morgan fingerprint density at radius 3 is 3.00 bits per heavy atom. The second-order valence-electron chi connectivity index (χ2n) is 5.49. The van der Waals surface area contributed by atoms with Crippen molar-refractivity contribution in [2.45, 2.75) is 26.2 Å². The molecule has 6 nitrogen and oxygen atoms in total. The normalized spacial score (nSPS) is 12.7. The van der Waals surface area contributed by atoms with Crippen LogP contribution in [-0.2, 0) is 6.42 Å². The highest BCUT2D eigenvalue weighted by Crippen LogP contribution is 2.27. The van der Waals surface area contributed by atoms with Crippen molar-refractivity contribution in [1.82, 2.24) is 9.97 Å². The molecule has 1 aliphatic rings. The number of nitrogens with zero attached hydrogens (tertiary/aromatic N) is 3. The van der Waals surface area contributed by atoms with E-state index in [9.17, 15) is 0 Å². The molecule has 0 saturated heterocycles. The second kappa shape index (κ2) is 7.09. The van der Waals surface area contributed by atoms with Gasteiger partial charge < -0.3 is 15.8 Å². The number of nitrogen functional groups attached to an aromatic ring is 1. The molecule has 0 spiro atoms. The maximum Gasteiger partial charge on any atom is 0.222 e. The largest absolute Gasteiger partial charge is 0.482 e. The number of ether oxygens (including phenoxy) is 1. The molecule has 0 fully saturated rings. The van der Waals surface area contributed by atoms with Gasteiger partial charge in [0.15, 0.2) is 11.6 Å². The van der Waals surface area contributed by atoms with E-state index in [0.717, 1.165) is 37.2 Å². The third-order valence-electron chi connectivity index (χ3n) is 3.66. The first-order valence-corrected chi connectivity index (χ1v) is 7.90. The minimum Gasteiger partial charge on any atom is -0.482 e. The molecular weight excluding hydrogens is 290 g/mol. The van der Waals surface area contributed by atoms with Crippen LogP contribution in [0.3, 0.4) is 0 Å². The zero-order valence-electron chi connectivity index (χ0n) is 13.2. The van der Waals surface area contributed by atoms with Crippen LogP contribution in [0.25, 0.3) is 0 Å². The Morgan fingerprint density at radius 1 is 1.30 bits per heavy atom. The van der Waals surface area contributed by atoms with Crippen LogP contribution in [0, 0.1) is 0 Å². The number of nitrogens with one attached hydrogen (secondary N) is 1. The van der Waals surface area contributed by atoms with E-state index < -0.39 is 0 Å². The van der Waals surface area contributed by atoms with Crippen LogP contribution in [0.4, 0.5) is 17.5 Å². The molecular formula is C17H21N5O. The van der Waals surface area contributed by atoms with E-state index in [0.29, 0.717) is 18.2 Å². The maximum atomic E-state index is 5.86. The molecule has 0 unspecified atom stereocenters. The summed E-state index contributed by atoms with van der Waals surface area (Å²) in [4.78, 5) is 12.8. The van der Waals surface area contributed by atoms with Crippen molar-refractivity contribution in [3.05, 3.63) is 36.0 Å². The van der Waals surface area contributed by atoms with Crippen molar-refractivity contribution in [3.63, 3.8) is 0 Å². The van der Waals surface area contributed by atoms with Crippen molar-refractivity contribution in [2.24, 2.45) is 4.99 Å². The first-order chi connectivity index (χ1) is 11.3. The van der Waals surface area contributed by atoms with Gasteiger partial charge in [-0.3, -0.25) is 4.99 Å². The first kappa shape index (κ1) is 15.3. The summed E-state index contributed by atoms with van der Waals surface area (Å²) in [5.74, 6) is 1.48.